The predicted octanol–water partition coefficient (Wildman–Crippen LogP) is 1.73. The molecule has 0 unspecified atom stereocenters. The summed E-state index contributed by atoms with van der Waals surface area (Å²) in [4.78, 5) is 19.9. The van der Waals surface area contributed by atoms with E-state index in [2.05, 4.69) is 20.6 Å². The molecule has 9 nitrogen and oxygen atoms in total. The third-order valence-electron chi connectivity index (χ3n) is 3.07. The van der Waals surface area contributed by atoms with Gasteiger partial charge in [0.1, 0.15) is 11.6 Å². The summed E-state index contributed by atoms with van der Waals surface area (Å²) in [5.74, 6) is 0.410. The Balaban J connectivity index is 2.25. The van der Waals surface area contributed by atoms with Crippen molar-refractivity contribution < 1.29 is 17.4 Å². The Morgan fingerprint density at radius 1 is 1.35 bits per heavy atom. The minimum atomic E-state index is -3.62. The Hall–Kier alpha value is -2.88. The molecule has 1 heterocycles. The van der Waals surface area contributed by atoms with Gasteiger partial charge in [-0.2, -0.15) is 13.4 Å². The highest BCUT2D eigenvalue weighted by Crippen LogP contribution is 2.22. The first kappa shape index (κ1) is 19.4. The fraction of sp³-hybridized carbons (Fsp3) is 0.312. The molecular weight excluding hydrogens is 358 g/mol. The average molecular weight is 379 g/mol. The topological polar surface area (TPSA) is 136 Å². The van der Waals surface area contributed by atoms with Crippen molar-refractivity contribution in [3.05, 3.63) is 36.0 Å². The van der Waals surface area contributed by atoms with E-state index in [1.165, 1.54) is 18.3 Å². The van der Waals surface area contributed by atoms with E-state index in [1.54, 1.807) is 12.1 Å². The molecule has 0 saturated heterocycles. The second kappa shape index (κ2) is 8.00. The molecule has 4 N–H and O–H groups in total. The lowest BCUT2D eigenvalue weighted by atomic mass is 10.2. The van der Waals surface area contributed by atoms with Gasteiger partial charge in [0.15, 0.2) is 0 Å². The number of primary amides is 1. The van der Waals surface area contributed by atoms with E-state index in [0.717, 1.165) is 6.26 Å². The van der Waals surface area contributed by atoms with Crippen molar-refractivity contribution in [1.82, 2.24) is 9.97 Å². The molecule has 0 atom stereocenters. The Bertz CT molecular complexity index is 899. The van der Waals surface area contributed by atoms with Crippen LogP contribution in [0.5, 0.6) is 5.75 Å². The molecular formula is C16H21N5O4S. The number of carbonyl (C=O) groups excluding carboxylic acids is 1. The number of rotatable bonds is 8. The lowest BCUT2D eigenvalue weighted by molar-refractivity contribution is 0.100. The molecule has 0 fully saturated rings. The van der Waals surface area contributed by atoms with Gasteiger partial charge in [-0.05, 0) is 18.1 Å². The molecule has 0 aliphatic carbocycles. The zero-order valence-electron chi connectivity index (χ0n) is 14.7. The van der Waals surface area contributed by atoms with Crippen LogP contribution >= 0.6 is 0 Å². The predicted molar refractivity (Wildman–Crippen MR) is 99.1 cm³/mol. The minimum absolute atomic E-state index is 0.157. The number of carbonyl (C=O) groups is 1. The molecule has 0 saturated carbocycles. The highest BCUT2D eigenvalue weighted by Gasteiger charge is 2.13. The second-order valence-electron chi connectivity index (χ2n) is 6.04. The monoisotopic (exact) mass is 379 g/mol. The molecule has 0 bridgehead atoms. The van der Waals surface area contributed by atoms with Gasteiger partial charge in [0.25, 0.3) is 5.91 Å². The zero-order chi connectivity index (χ0) is 19.3. The molecule has 1 aromatic carbocycles. The van der Waals surface area contributed by atoms with E-state index in [0.29, 0.717) is 24.0 Å². The smallest absolute Gasteiger partial charge is 0.306 e. The number of aromatic nitrogens is 2. The molecule has 2 aromatic rings. The van der Waals surface area contributed by atoms with Crippen LogP contribution in [0.3, 0.4) is 0 Å². The number of hydrogen-bond acceptors (Lipinski definition) is 8. The van der Waals surface area contributed by atoms with Gasteiger partial charge in [0.2, 0.25) is 5.95 Å². The number of hydrogen-bond donors (Lipinski definition) is 3. The first-order chi connectivity index (χ1) is 12.1. The summed E-state index contributed by atoms with van der Waals surface area (Å²) in [6.45, 7) is 4.64. The molecule has 2 rings (SSSR count). The first-order valence-corrected chi connectivity index (χ1v) is 9.63. The molecule has 0 spiro atoms. The van der Waals surface area contributed by atoms with E-state index in [9.17, 15) is 13.2 Å². The van der Waals surface area contributed by atoms with Crippen molar-refractivity contribution in [2.24, 2.45) is 11.7 Å². The summed E-state index contributed by atoms with van der Waals surface area (Å²) in [6.07, 6.45) is 2.29. The van der Waals surface area contributed by atoms with Crippen molar-refractivity contribution >= 4 is 33.5 Å². The Kier molecular flexibility index (Phi) is 5.98. The second-order valence-corrected chi connectivity index (χ2v) is 7.61. The molecule has 10 heteroatoms. The average Bonchev–Trinajstić information content (AvgIpc) is 2.51. The number of nitrogens with two attached hydrogens (primary N) is 1. The van der Waals surface area contributed by atoms with Crippen molar-refractivity contribution in [2.75, 3.05) is 23.4 Å². The minimum Gasteiger partial charge on any atom is -0.383 e. The molecule has 0 radical (unpaired) electrons. The van der Waals surface area contributed by atoms with Gasteiger partial charge in [0.05, 0.1) is 11.8 Å². The Labute approximate surface area is 152 Å². The number of amides is 1. The Morgan fingerprint density at radius 2 is 2.08 bits per heavy atom. The number of benzene rings is 1. The molecule has 1 amide bonds. The maximum atomic E-state index is 11.5. The van der Waals surface area contributed by atoms with Crippen LogP contribution in [0.15, 0.2) is 30.5 Å². The highest BCUT2D eigenvalue weighted by molar-refractivity contribution is 7.86. The van der Waals surface area contributed by atoms with Crippen molar-refractivity contribution in [3.63, 3.8) is 0 Å². The van der Waals surface area contributed by atoms with E-state index in [1.807, 2.05) is 13.8 Å². The molecule has 140 valence electrons. The maximum Gasteiger partial charge on any atom is 0.306 e. The van der Waals surface area contributed by atoms with Crippen molar-refractivity contribution in [3.8, 4) is 5.75 Å². The van der Waals surface area contributed by atoms with Crippen LogP contribution in [0.25, 0.3) is 0 Å². The van der Waals surface area contributed by atoms with Crippen LogP contribution < -0.4 is 20.6 Å². The van der Waals surface area contributed by atoms with Gasteiger partial charge in [-0.15, -0.1) is 0 Å². The van der Waals surface area contributed by atoms with Gasteiger partial charge in [-0.25, -0.2) is 4.98 Å². The number of nitrogens with one attached hydrogen (secondary N) is 2. The highest BCUT2D eigenvalue weighted by atomic mass is 32.2. The molecule has 26 heavy (non-hydrogen) atoms. The fourth-order valence-electron chi connectivity index (χ4n) is 1.99. The number of nitrogens with zero attached hydrogens (tertiary/aromatic N) is 2. The van der Waals surface area contributed by atoms with Crippen LogP contribution in [0, 0.1) is 5.92 Å². The summed E-state index contributed by atoms with van der Waals surface area (Å²) in [6, 6.07) is 6.33. The summed E-state index contributed by atoms with van der Waals surface area (Å²) in [7, 11) is -3.62. The Morgan fingerprint density at radius 3 is 2.69 bits per heavy atom. The van der Waals surface area contributed by atoms with Gasteiger partial charge < -0.3 is 20.6 Å². The molecule has 0 aliphatic rings. The number of anilines is 3. The van der Waals surface area contributed by atoms with Crippen LogP contribution in [0.4, 0.5) is 17.5 Å². The maximum absolute atomic E-state index is 11.5. The summed E-state index contributed by atoms with van der Waals surface area (Å²) in [5.41, 5.74) is 6.06. The lowest BCUT2D eigenvalue weighted by Crippen LogP contribution is -2.18. The van der Waals surface area contributed by atoms with E-state index in [-0.39, 0.29) is 17.3 Å². The third kappa shape index (κ3) is 5.88. The standard InChI is InChI=1S/C16H21N5O4S/c1-10(2)8-18-15-13(14(17)22)9-19-16(21-15)20-11-5-4-6-12(7-11)25-26(3,23)24/h4-7,9-10H,8H2,1-3H3,(H2,17,22)(H2,18,19,20,21). The quantitative estimate of drug-likeness (QED) is 0.590. The van der Waals surface area contributed by atoms with Gasteiger partial charge >= 0.3 is 10.1 Å². The zero-order valence-corrected chi connectivity index (χ0v) is 15.5. The largest absolute Gasteiger partial charge is 0.383 e. The SMILES string of the molecule is CC(C)CNc1nc(Nc2cccc(OS(C)(=O)=O)c2)ncc1C(N)=O. The first-order valence-electron chi connectivity index (χ1n) is 7.81. The van der Waals surface area contributed by atoms with Crippen LogP contribution in [0.2, 0.25) is 0 Å². The van der Waals surface area contributed by atoms with Crippen LogP contribution in [-0.4, -0.2) is 37.1 Å². The fourth-order valence-corrected chi connectivity index (χ4v) is 2.44. The lowest BCUT2D eigenvalue weighted by Gasteiger charge is -2.13. The molecule has 0 aliphatic heterocycles. The van der Waals surface area contributed by atoms with E-state index < -0.39 is 16.0 Å². The van der Waals surface area contributed by atoms with E-state index >= 15 is 0 Å². The van der Waals surface area contributed by atoms with Crippen molar-refractivity contribution in [1.29, 1.82) is 0 Å². The third-order valence-corrected chi connectivity index (χ3v) is 3.56. The van der Waals surface area contributed by atoms with Gasteiger partial charge in [0, 0.05) is 24.5 Å². The van der Waals surface area contributed by atoms with Crippen LogP contribution in [0.1, 0.15) is 24.2 Å². The molecule has 1 aromatic heterocycles. The van der Waals surface area contributed by atoms with E-state index in [4.69, 9.17) is 9.92 Å². The normalized spacial score (nSPS) is 11.2. The van der Waals surface area contributed by atoms with Crippen molar-refractivity contribution in [2.45, 2.75) is 13.8 Å². The van der Waals surface area contributed by atoms with Crippen LogP contribution in [-0.2, 0) is 10.1 Å². The summed E-state index contributed by atoms with van der Waals surface area (Å²) < 4.78 is 27.3. The van der Waals surface area contributed by atoms with Gasteiger partial charge in [-0.3, -0.25) is 4.79 Å². The summed E-state index contributed by atoms with van der Waals surface area (Å²) in [5, 5.41) is 6.00. The van der Waals surface area contributed by atoms with Gasteiger partial charge in [-0.1, -0.05) is 19.9 Å². The summed E-state index contributed by atoms with van der Waals surface area (Å²) >= 11 is 0.